The molecule has 0 spiro atoms. The molecule has 0 radical (unpaired) electrons. The van der Waals surface area contributed by atoms with E-state index in [9.17, 15) is 10.0 Å². The highest BCUT2D eigenvalue weighted by atomic mass is 16.5. The Hall–Kier alpha value is -2.76. The minimum absolute atomic E-state index is 0.345. The SMILES string of the molecule is OB(O)c1cccc2c1Oc1ccccc1N2c1ccccc1. The molecule has 5 heteroatoms. The fourth-order valence-electron chi connectivity index (χ4n) is 2.86. The van der Waals surface area contributed by atoms with E-state index in [1.165, 1.54) is 0 Å². The molecule has 112 valence electrons. The van der Waals surface area contributed by atoms with Crippen molar-refractivity contribution in [2.75, 3.05) is 4.90 Å². The molecule has 0 unspecified atom stereocenters. The molecular formula is C18H14BNO3. The monoisotopic (exact) mass is 303 g/mol. The van der Waals surface area contributed by atoms with E-state index in [4.69, 9.17) is 4.74 Å². The van der Waals surface area contributed by atoms with Crippen molar-refractivity contribution in [1.82, 2.24) is 0 Å². The van der Waals surface area contributed by atoms with E-state index in [1.807, 2.05) is 60.7 Å². The van der Waals surface area contributed by atoms with E-state index in [0.29, 0.717) is 17.0 Å². The van der Waals surface area contributed by atoms with Gasteiger partial charge in [0.15, 0.2) is 11.5 Å². The number of nitrogens with zero attached hydrogens (tertiary/aromatic N) is 1. The van der Waals surface area contributed by atoms with E-state index in [0.717, 1.165) is 17.1 Å². The first-order valence-electron chi connectivity index (χ1n) is 7.37. The van der Waals surface area contributed by atoms with Crippen LogP contribution in [0, 0.1) is 0 Å². The molecule has 0 aliphatic carbocycles. The molecule has 4 rings (SSSR count). The molecule has 1 aliphatic rings. The highest BCUT2D eigenvalue weighted by Crippen LogP contribution is 2.49. The van der Waals surface area contributed by atoms with Crippen LogP contribution in [0.4, 0.5) is 17.1 Å². The smallest absolute Gasteiger partial charge is 0.453 e. The zero-order chi connectivity index (χ0) is 15.8. The maximum atomic E-state index is 9.64. The molecule has 0 saturated carbocycles. The van der Waals surface area contributed by atoms with Crippen LogP contribution in [0.3, 0.4) is 0 Å². The molecule has 0 amide bonds. The Kier molecular flexibility index (Phi) is 3.30. The predicted molar refractivity (Wildman–Crippen MR) is 91.0 cm³/mol. The van der Waals surface area contributed by atoms with Gasteiger partial charge in [0.1, 0.15) is 0 Å². The molecule has 0 fully saturated rings. The van der Waals surface area contributed by atoms with Crippen molar-refractivity contribution in [3.05, 3.63) is 72.8 Å². The average Bonchev–Trinajstić information content (AvgIpc) is 2.59. The molecule has 1 heterocycles. The minimum Gasteiger partial charge on any atom is -0.453 e. The zero-order valence-corrected chi connectivity index (χ0v) is 12.3. The van der Waals surface area contributed by atoms with Gasteiger partial charge in [0.2, 0.25) is 0 Å². The van der Waals surface area contributed by atoms with Crippen molar-refractivity contribution in [3.63, 3.8) is 0 Å². The second-order valence-corrected chi connectivity index (χ2v) is 5.31. The summed E-state index contributed by atoms with van der Waals surface area (Å²) in [6.45, 7) is 0. The molecular weight excluding hydrogens is 289 g/mol. The van der Waals surface area contributed by atoms with Crippen LogP contribution in [0.1, 0.15) is 0 Å². The van der Waals surface area contributed by atoms with Gasteiger partial charge in [0.05, 0.1) is 11.4 Å². The summed E-state index contributed by atoms with van der Waals surface area (Å²) in [7, 11) is -1.59. The van der Waals surface area contributed by atoms with Crippen molar-refractivity contribution in [1.29, 1.82) is 0 Å². The molecule has 0 aromatic heterocycles. The van der Waals surface area contributed by atoms with Crippen LogP contribution in [0.5, 0.6) is 11.5 Å². The third-order valence-corrected chi connectivity index (χ3v) is 3.88. The van der Waals surface area contributed by atoms with E-state index in [2.05, 4.69) is 4.90 Å². The number of fused-ring (bicyclic) bond motifs is 2. The highest BCUT2D eigenvalue weighted by Gasteiger charge is 2.30. The lowest BCUT2D eigenvalue weighted by Crippen LogP contribution is -2.33. The number of ether oxygens (including phenoxy) is 1. The lowest BCUT2D eigenvalue weighted by Gasteiger charge is -2.33. The maximum Gasteiger partial charge on any atom is 0.492 e. The van der Waals surface area contributed by atoms with Gasteiger partial charge >= 0.3 is 7.12 Å². The standard InChI is InChI=1S/C18H14BNO3/c21-19(22)14-9-6-11-16-18(14)23-17-12-5-4-10-15(17)20(16)13-7-2-1-3-8-13/h1-12,21-22H. The van der Waals surface area contributed by atoms with Gasteiger partial charge in [-0.25, -0.2) is 0 Å². The average molecular weight is 303 g/mol. The normalized spacial score (nSPS) is 12.2. The topological polar surface area (TPSA) is 52.9 Å². The Labute approximate surface area is 134 Å². The highest BCUT2D eigenvalue weighted by molar-refractivity contribution is 6.60. The van der Waals surface area contributed by atoms with Crippen LogP contribution in [0.2, 0.25) is 0 Å². The Morgan fingerprint density at radius 2 is 1.43 bits per heavy atom. The number of rotatable bonds is 2. The van der Waals surface area contributed by atoms with Crippen molar-refractivity contribution in [2.24, 2.45) is 0 Å². The second kappa shape index (κ2) is 5.46. The van der Waals surface area contributed by atoms with Crippen LogP contribution in [0.25, 0.3) is 0 Å². The van der Waals surface area contributed by atoms with Crippen molar-refractivity contribution in [2.45, 2.75) is 0 Å². The van der Waals surface area contributed by atoms with Gasteiger partial charge in [-0.15, -0.1) is 0 Å². The molecule has 1 aliphatic heterocycles. The summed E-state index contributed by atoms with van der Waals surface area (Å²) in [6.07, 6.45) is 0. The van der Waals surface area contributed by atoms with Crippen molar-refractivity contribution in [3.8, 4) is 11.5 Å². The van der Waals surface area contributed by atoms with Gasteiger partial charge in [-0.2, -0.15) is 0 Å². The summed E-state index contributed by atoms with van der Waals surface area (Å²) in [5.41, 5.74) is 3.02. The molecule has 0 saturated heterocycles. The second-order valence-electron chi connectivity index (χ2n) is 5.31. The van der Waals surface area contributed by atoms with Crippen LogP contribution < -0.4 is 15.1 Å². The first-order chi connectivity index (χ1) is 11.3. The summed E-state index contributed by atoms with van der Waals surface area (Å²) in [5.74, 6) is 1.14. The van der Waals surface area contributed by atoms with Gasteiger partial charge in [-0.05, 0) is 30.3 Å². The molecule has 2 N–H and O–H groups in total. The van der Waals surface area contributed by atoms with Crippen LogP contribution in [0.15, 0.2) is 72.8 Å². The van der Waals surface area contributed by atoms with Gasteiger partial charge in [0.25, 0.3) is 0 Å². The molecule has 23 heavy (non-hydrogen) atoms. The summed E-state index contributed by atoms with van der Waals surface area (Å²) in [5, 5.41) is 19.3. The van der Waals surface area contributed by atoms with Crippen LogP contribution >= 0.6 is 0 Å². The summed E-state index contributed by atoms with van der Waals surface area (Å²) < 4.78 is 5.96. The third-order valence-electron chi connectivity index (χ3n) is 3.88. The Bertz CT molecular complexity index is 852. The molecule has 0 atom stereocenters. The quantitative estimate of drug-likeness (QED) is 0.559. The Balaban J connectivity index is 1.98. The first-order valence-corrected chi connectivity index (χ1v) is 7.37. The summed E-state index contributed by atoms with van der Waals surface area (Å²) in [4.78, 5) is 2.06. The van der Waals surface area contributed by atoms with E-state index >= 15 is 0 Å². The zero-order valence-electron chi connectivity index (χ0n) is 12.3. The minimum atomic E-state index is -1.59. The summed E-state index contributed by atoms with van der Waals surface area (Å²) in [6, 6.07) is 23.0. The van der Waals surface area contributed by atoms with Gasteiger partial charge in [-0.3, -0.25) is 0 Å². The Morgan fingerprint density at radius 1 is 0.739 bits per heavy atom. The fraction of sp³-hybridized carbons (Fsp3) is 0. The number of hydrogen-bond acceptors (Lipinski definition) is 4. The van der Waals surface area contributed by atoms with Gasteiger partial charge in [0, 0.05) is 11.2 Å². The van der Waals surface area contributed by atoms with E-state index in [-0.39, 0.29) is 0 Å². The molecule has 3 aromatic rings. The first kappa shape index (κ1) is 13.9. The van der Waals surface area contributed by atoms with E-state index < -0.39 is 7.12 Å². The summed E-state index contributed by atoms with van der Waals surface area (Å²) >= 11 is 0. The molecule has 0 bridgehead atoms. The number of benzene rings is 3. The van der Waals surface area contributed by atoms with Crippen molar-refractivity contribution < 1.29 is 14.8 Å². The van der Waals surface area contributed by atoms with Gasteiger partial charge < -0.3 is 19.7 Å². The van der Waals surface area contributed by atoms with Crippen LogP contribution in [-0.4, -0.2) is 17.2 Å². The molecule has 3 aromatic carbocycles. The predicted octanol–water partition coefficient (Wildman–Crippen LogP) is 2.94. The Morgan fingerprint density at radius 3 is 2.22 bits per heavy atom. The lowest BCUT2D eigenvalue weighted by molar-refractivity contribution is 0.420. The molecule has 4 nitrogen and oxygen atoms in total. The lowest BCUT2D eigenvalue weighted by atomic mass is 9.79. The fourth-order valence-corrected chi connectivity index (χ4v) is 2.86. The largest absolute Gasteiger partial charge is 0.492 e. The number of hydrogen-bond donors (Lipinski definition) is 2. The van der Waals surface area contributed by atoms with Crippen molar-refractivity contribution >= 4 is 29.6 Å². The maximum absolute atomic E-state index is 9.64. The number of para-hydroxylation sites is 4. The van der Waals surface area contributed by atoms with Gasteiger partial charge in [-0.1, -0.05) is 42.5 Å². The van der Waals surface area contributed by atoms with E-state index in [1.54, 1.807) is 12.1 Å². The van der Waals surface area contributed by atoms with Crippen LogP contribution in [-0.2, 0) is 0 Å². The number of anilines is 3. The third kappa shape index (κ3) is 2.27.